The summed E-state index contributed by atoms with van der Waals surface area (Å²) in [6, 6.07) is 0. The molecule has 1 N–H and O–H groups in total. The fraction of sp³-hybridized carbons (Fsp3) is 0.778. The van der Waals surface area contributed by atoms with Gasteiger partial charge in [0, 0.05) is 44.1 Å². The lowest BCUT2D eigenvalue weighted by molar-refractivity contribution is 0.187. The van der Waals surface area contributed by atoms with Crippen LogP contribution >= 0.6 is 11.8 Å². The van der Waals surface area contributed by atoms with Crippen molar-refractivity contribution in [2.75, 3.05) is 56.7 Å². The number of fused-ring (bicyclic) bond motifs is 1. The van der Waals surface area contributed by atoms with E-state index in [1.807, 2.05) is 18.7 Å². The quantitative estimate of drug-likeness (QED) is 0.762. The van der Waals surface area contributed by atoms with Crippen molar-refractivity contribution >= 4 is 17.6 Å². The van der Waals surface area contributed by atoms with Gasteiger partial charge in [-0.25, -0.2) is 9.97 Å². The fourth-order valence-electron chi connectivity index (χ4n) is 3.56. The molecule has 0 spiro atoms. The lowest BCUT2D eigenvalue weighted by Crippen LogP contribution is -2.28. The zero-order valence-corrected chi connectivity index (χ0v) is 15.8. The average molecular weight is 351 g/mol. The van der Waals surface area contributed by atoms with Gasteiger partial charge in [0.1, 0.15) is 11.6 Å². The van der Waals surface area contributed by atoms with Crippen molar-refractivity contribution < 1.29 is 4.74 Å². The Morgan fingerprint density at radius 3 is 2.96 bits per heavy atom. The molecule has 3 rings (SSSR count). The number of anilines is 1. The highest BCUT2D eigenvalue weighted by Gasteiger charge is 2.21. The Bertz CT molecular complexity index is 534. The van der Waals surface area contributed by atoms with E-state index < -0.39 is 0 Å². The van der Waals surface area contributed by atoms with Gasteiger partial charge in [0.05, 0.1) is 12.3 Å². The van der Waals surface area contributed by atoms with Gasteiger partial charge >= 0.3 is 0 Å². The van der Waals surface area contributed by atoms with Crippen LogP contribution in [0.25, 0.3) is 0 Å². The summed E-state index contributed by atoms with van der Waals surface area (Å²) in [4.78, 5) is 12.0. The number of thioether (sulfide) groups is 1. The topological polar surface area (TPSA) is 50.3 Å². The van der Waals surface area contributed by atoms with E-state index in [9.17, 15) is 0 Å². The average Bonchev–Trinajstić information content (AvgIpc) is 3.01. The zero-order chi connectivity index (χ0) is 16.8. The maximum Gasteiger partial charge on any atom is 0.133 e. The molecule has 1 atom stereocenters. The lowest BCUT2D eigenvalue weighted by Gasteiger charge is -2.19. The van der Waals surface area contributed by atoms with Crippen molar-refractivity contribution in [3.63, 3.8) is 0 Å². The minimum Gasteiger partial charge on any atom is -0.381 e. The van der Waals surface area contributed by atoms with Crippen molar-refractivity contribution in [2.45, 2.75) is 32.6 Å². The Kier molecular flexibility index (Phi) is 6.75. The molecule has 6 heteroatoms. The number of aromatic nitrogens is 2. The zero-order valence-electron chi connectivity index (χ0n) is 15.0. The van der Waals surface area contributed by atoms with Crippen LogP contribution in [-0.2, 0) is 17.6 Å². The third kappa shape index (κ3) is 4.83. The van der Waals surface area contributed by atoms with Gasteiger partial charge in [0.15, 0.2) is 0 Å². The van der Waals surface area contributed by atoms with Crippen molar-refractivity contribution in [1.29, 1.82) is 0 Å². The van der Waals surface area contributed by atoms with Crippen molar-refractivity contribution in [3.8, 4) is 0 Å². The predicted octanol–water partition coefficient (Wildman–Crippen LogP) is 2.39. The second-order valence-corrected chi connectivity index (χ2v) is 7.83. The van der Waals surface area contributed by atoms with Gasteiger partial charge in [-0.3, -0.25) is 0 Å². The van der Waals surface area contributed by atoms with E-state index in [4.69, 9.17) is 14.7 Å². The summed E-state index contributed by atoms with van der Waals surface area (Å²) < 4.78 is 5.48. The van der Waals surface area contributed by atoms with E-state index in [-0.39, 0.29) is 0 Å². The fourth-order valence-corrected chi connectivity index (χ4v) is 3.97. The number of nitrogens with zero attached hydrogens (tertiary/aromatic N) is 3. The molecular weight excluding hydrogens is 320 g/mol. The predicted molar refractivity (Wildman–Crippen MR) is 101 cm³/mol. The molecule has 1 aromatic heterocycles. The molecule has 0 amide bonds. The summed E-state index contributed by atoms with van der Waals surface area (Å²) in [5.41, 5.74) is 2.59. The maximum atomic E-state index is 5.48. The normalized spacial score (nSPS) is 21.5. The summed E-state index contributed by atoms with van der Waals surface area (Å²) >= 11 is 1.94. The van der Waals surface area contributed by atoms with Crippen LogP contribution in [0.1, 0.15) is 29.9 Å². The Morgan fingerprint density at radius 1 is 1.29 bits per heavy atom. The summed E-state index contributed by atoms with van der Waals surface area (Å²) in [5.74, 6) is 3.81. The molecule has 0 aromatic carbocycles. The molecule has 0 radical (unpaired) electrons. The molecule has 0 aliphatic carbocycles. The lowest BCUT2D eigenvalue weighted by atomic mass is 10.1. The molecule has 0 saturated carbocycles. The van der Waals surface area contributed by atoms with E-state index in [0.29, 0.717) is 5.92 Å². The van der Waals surface area contributed by atoms with E-state index in [1.165, 1.54) is 30.0 Å². The van der Waals surface area contributed by atoms with Crippen LogP contribution < -0.4 is 5.32 Å². The smallest absolute Gasteiger partial charge is 0.133 e. The molecule has 1 saturated heterocycles. The van der Waals surface area contributed by atoms with E-state index in [2.05, 4.69) is 16.5 Å². The molecule has 24 heavy (non-hydrogen) atoms. The van der Waals surface area contributed by atoms with Gasteiger partial charge in [-0.1, -0.05) is 0 Å². The Balaban J connectivity index is 1.64. The first-order valence-electron chi connectivity index (χ1n) is 9.15. The van der Waals surface area contributed by atoms with Crippen LogP contribution in [0.15, 0.2) is 0 Å². The van der Waals surface area contributed by atoms with Gasteiger partial charge < -0.3 is 15.0 Å². The third-order valence-electron chi connectivity index (χ3n) is 4.95. The molecular formula is C18H30N4OS. The van der Waals surface area contributed by atoms with Gasteiger partial charge in [-0.05, 0) is 44.7 Å². The van der Waals surface area contributed by atoms with Crippen molar-refractivity contribution in [3.05, 3.63) is 17.1 Å². The number of hydrogen-bond acceptors (Lipinski definition) is 6. The standard InChI is InChI=1S/C18H30N4OS/c1-14-20-17-5-9-22(7-3-11-24-2)8-4-16(17)18(21-14)19-12-15-6-10-23-13-15/h15H,3-13H2,1-2H3,(H,19,20,21)/t15-/m1/s1. The van der Waals surface area contributed by atoms with E-state index >= 15 is 0 Å². The SMILES string of the molecule is CSCCCN1CCc2nc(C)nc(NC[C@H]3CCOC3)c2CC1. The largest absolute Gasteiger partial charge is 0.381 e. The maximum absolute atomic E-state index is 5.48. The monoisotopic (exact) mass is 350 g/mol. The van der Waals surface area contributed by atoms with Crippen LogP contribution in [0.2, 0.25) is 0 Å². The summed E-state index contributed by atoms with van der Waals surface area (Å²) in [5, 5.41) is 3.60. The number of aryl methyl sites for hydroxylation is 1. The van der Waals surface area contributed by atoms with Crippen LogP contribution in [-0.4, -0.2) is 66.3 Å². The first-order valence-corrected chi connectivity index (χ1v) is 10.5. The summed E-state index contributed by atoms with van der Waals surface area (Å²) in [6.07, 6.45) is 6.71. The molecule has 2 aliphatic rings. The van der Waals surface area contributed by atoms with Crippen LogP contribution in [0, 0.1) is 12.8 Å². The van der Waals surface area contributed by atoms with Crippen LogP contribution in [0.4, 0.5) is 5.82 Å². The van der Waals surface area contributed by atoms with E-state index in [1.54, 1.807) is 0 Å². The van der Waals surface area contributed by atoms with Gasteiger partial charge in [-0.2, -0.15) is 11.8 Å². The molecule has 134 valence electrons. The number of ether oxygens (including phenoxy) is 1. The molecule has 1 aromatic rings. The number of rotatable bonds is 7. The van der Waals surface area contributed by atoms with Gasteiger partial charge in [0.2, 0.25) is 0 Å². The van der Waals surface area contributed by atoms with Gasteiger partial charge in [0.25, 0.3) is 0 Å². The van der Waals surface area contributed by atoms with E-state index in [0.717, 1.165) is 63.8 Å². The highest BCUT2D eigenvalue weighted by Crippen LogP contribution is 2.23. The summed E-state index contributed by atoms with van der Waals surface area (Å²) in [7, 11) is 0. The van der Waals surface area contributed by atoms with Crippen LogP contribution in [0.5, 0.6) is 0 Å². The molecule has 3 heterocycles. The highest BCUT2D eigenvalue weighted by atomic mass is 32.2. The first-order chi connectivity index (χ1) is 11.8. The summed E-state index contributed by atoms with van der Waals surface area (Å²) in [6.45, 7) is 8.18. The van der Waals surface area contributed by atoms with Gasteiger partial charge in [-0.15, -0.1) is 0 Å². The molecule has 5 nitrogen and oxygen atoms in total. The third-order valence-corrected chi connectivity index (χ3v) is 5.65. The highest BCUT2D eigenvalue weighted by molar-refractivity contribution is 7.98. The first kappa shape index (κ1) is 18.0. The Hall–Kier alpha value is -0.850. The molecule has 0 bridgehead atoms. The molecule has 2 aliphatic heterocycles. The van der Waals surface area contributed by atoms with Crippen LogP contribution in [0.3, 0.4) is 0 Å². The van der Waals surface area contributed by atoms with Crippen molar-refractivity contribution in [2.24, 2.45) is 5.92 Å². The Labute approximate surface area is 150 Å². The molecule has 1 fully saturated rings. The Morgan fingerprint density at radius 2 is 2.17 bits per heavy atom. The minimum absolute atomic E-state index is 0.616. The van der Waals surface area contributed by atoms with Crippen molar-refractivity contribution in [1.82, 2.24) is 14.9 Å². The second-order valence-electron chi connectivity index (χ2n) is 6.84. The minimum atomic E-state index is 0.616. The molecule has 0 unspecified atom stereocenters. The number of hydrogen-bond donors (Lipinski definition) is 1. The number of nitrogens with one attached hydrogen (secondary N) is 1. The second kappa shape index (κ2) is 9.02.